The number of rotatable bonds is 0. The molecule has 0 bridgehead atoms. The SMILES string of the molecule is Nc1c(Cl)cnc2cc(C(F)(F)F)ccc12. The van der Waals surface area contributed by atoms with E-state index in [-0.39, 0.29) is 16.2 Å². The number of aromatic nitrogens is 1. The van der Waals surface area contributed by atoms with Gasteiger partial charge in [-0.1, -0.05) is 17.7 Å². The maximum atomic E-state index is 12.4. The molecule has 0 amide bonds. The summed E-state index contributed by atoms with van der Waals surface area (Å²) in [5.74, 6) is 0. The normalized spacial score (nSPS) is 12.0. The molecule has 2 rings (SSSR count). The molecule has 0 saturated heterocycles. The highest BCUT2D eigenvalue weighted by atomic mass is 35.5. The highest BCUT2D eigenvalue weighted by Crippen LogP contribution is 2.33. The fraction of sp³-hybridized carbons (Fsp3) is 0.100. The van der Waals surface area contributed by atoms with Gasteiger partial charge in [0.05, 0.1) is 21.8 Å². The number of hydrogen-bond acceptors (Lipinski definition) is 2. The molecular weight excluding hydrogens is 241 g/mol. The zero-order chi connectivity index (χ0) is 11.9. The van der Waals surface area contributed by atoms with Crippen molar-refractivity contribution in [3.8, 4) is 0 Å². The Morgan fingerprint density at radius 3 is 2.56 bits per heavy atom. The van der Waals surface area contributed by atoms with Crippen LogP contribution in [0.4, 0.5) is 18.9 Å². The van der Waals surface area contributed by atoms with Crippen molar-refractivity contribution < 1.29 is 13.2 Å². The summed E-state index contributed by atoms with van der Waals surface area (Å²) in [5.41, 5.74) is 5.28. The molecular formula is C10H6ClF3N2. The summed E-state index contributed by atoms with van der Waals surface area (Å²) in [6.45, 7) is 0. The number of anilines is 1. The third kappa shape index (κ3) is 1.78. The maximum Gasteiger partial charge on any atom is 0.416 e. The van der Waals surface area contributed by atoms with Gasteiger partial charge in [-0.2, -0.15) is 13.2 Å². The Morgan fingerprint density at radius 1 is 1.25 bits per heavy atom. The van der Waals surface area contributed by atoms with Gasteiger partial charge < -0.3 is 5.73 Å². The summed E-state index contributed by atoms with van der Waals surface area (Å²) in [7, 11) is 0. The van der Waals surface area contributed by atoms with Crippen LogP contribution in [0, 0.1) is 0 Å². The van der Waals surface area contributed by atoms with E-state index in [1.807, 2.05) is 0 Å². The molecule has 2 N–H and O–H groups in total. The van der Waals surface area contributed by atoms with E-state index in [0.717, 1.165) is 12.1 Å². The van der Waals surface area contributed by atoms with Crippen LogP contribution < -0.4 is 5.73 Å². The Balaban J connectivity index is 2.70. The Bertz CT molecular complexity index is 551. The summed E-state index contributed by atoms with van der Waals surface area (Å²) in [6.07, 6.45) is -3.15. The highest BCUT2D eigenvalue weighted by molar-refractivity contribution is 6.34. The van der Waals surface area contributed by atoms with Crippen molar-refractivity contribution in [3.05, 3.63) is 35.0 Å². The van der Waals surface area contributed by atoms with Crippen LogP contribution in [0.2, 0.25) is 5.02 Å². The lowest BCUT2D eigenvalue weighted by Gasteiger charge is -2.08. The lowest BCUT2D eigenvalue weighted by molar-refractivity contribution is -0.137. The minimum atomic E-state index is -4.38. The van der Waals surface area contributed by atoms with Crippen LogP contribution in [0.15, 0.2) is 24.4 Å². The largest absolute Gasteiger partial charge is 0.416 e. The molecule has 0 aliphatic carbocycles. The molecule has 1 aromatic heterocycles. The molecule has 2 nitrogen and oxygen atoms in total. The monoisotopic (exact) mass is 246 g/mol. The number of nitrogens with zero attached hydrogens (tertiary/aromatic N) is 1. The van der Waals surface area contributed by atoms with Gasteiger partial charge >= 0.3 is 6.18 Å². The van der Waals surface area contributed by atoms with Crippen molar-refractivity contribution in [2.24, 2.45) is 0 Å². The zero-order valence-corrected chi connectivity index (χ0v) is 8.60. The first-order valence-electron chi connectivity index (χ1n) is 4.30. The van der Waals surface area contributed by atoms with Gasteiger partial charge in [-0.05, 0) is 12.1 Å². The van der Waals surface area contributed by atoms with Crippen LogP contribution in [-0.2, 0) is 6.18 Å². The van der Waals surface area contributed by atoms with Gasteiger partial charge in [0.25, 0.3) is 0 Å². The Kier molecular flexibility index (Phi) is 2.42. The highest BCUT2D eigenvalue weighted by Gasteiger charge is 2.30. The Hall–Kier alpha value is -1.49. The molecule has 84 valence electrons. The molecule has 0 spiro atoms. The second-order valence-electron chi connectivity index (χ2n) is 3.25. The third-order valence-corrected chi connectivity index (χ3v) is 2.49. The molecule has 6 heteroatoms. The molecule has 1 aromatic carbocycles. The lowest BCUT2D eigenvalue weighted by atomic mass is 10.1. The van der Waals surface area contributed by atoms with Crippen LogP contribution >= 0.6 is 11.6 Å². The summed E-state index contributed by atoms with van der Waals surface area (Å²) in [6, 6.07) is 3.17. The van der Waals surface area contributed by atoms with Gasteiger partial charge in [-0.15, -0.1) is 0 Å². The molecule has 1 heterocycles. The Morgan fingerprint density at radius 2 is 1.94 bits per heavy atom. The summed E-state index contributed by atoms with van der Waals surface area (Å²) < 4.78 is 37.2. The maximum absolute atomic E-state index is 12.4. The predicted molar refractivity (Wildman–Crippen MR) is 56.2 cm³/mol. The first-order chi connectivity index (χ1) is 7.39. The molecule has 0 fully saturated rings. The molecule has 16 heavy (non-hydrogen) atoms. The fourth-order valence-corrected chi connectivity index (χ4v) is 1.52. The van der Waals surface area contributed by atoms with Gasteiger partial charge in [0.15, 0.2) is 0 Å². The van der Waals surface area contributed by atoms with E-state index >= 15 is 0 Å². The molecule has 0 unspecified atom stereocenters. The average Bonchev–Trinajstić information content (AvgIpc) is 2.22. The zero-order valence-electron chi connectivity index (χ0n) is 7.85. The van der Waals surface area contributed by atoms with Crippen LogP contribution in [0.3, 0.4) is 0 Å². The summed E-state index contributed by atoms with van der Waals surface area (Å²) in [5, 5.41) is 0.646. The van der Waals surface area contributed by atoms with Crippen molar-refractivity contribution in [3.63, 3.8) is 0 Å². The van der Waals surface area contributed by atoms with Gasteiger partial charge in [0.1, 0.15) is 0 Å². The van der Waals surface area contributed by atoms with Crippen molar-refractivity contribution >= 4 is 28.2 Å². The summed E-state index contributed by atoms with van der Waals surface area (Å²) >= 11 is 5.71. The number of hydrogen-bond donors (Lipinski definition) is 1. The smallest absolute Gasteiger partial charge is 0.397 e. The summed E-state index contributed by atoms with van der Waals surface area (Å²) in [4.78, 5) is 3.80. The minimum absolute atomic E-state index is 0.178. The van der Waals surface area contributed by atoms with Crippen LogP contribution in [0.5, 0.6) is 0 Å². The van der Waals surface area contributed by atoms with E-state index < -0.39 is 11.7 Å². The van der Waals surface area contributed by atoms with E-state index in [4.69, 9.17) is 17.3 Å². The van der Waals surface area contributed by atoms with Gasteiger partial charge in [-0.3, -0.25) is 4.98 Å². The van der Waals surface area contributed by atoms with Crippen LogP contribution in [0.25, 0.3) is 10.9 Å². The molecule has 0 atom stereocenters. The molecule has 0 aliphatic rings. The molecule has 0 saturated carbocycles. The van der Waals surface area contributed by atoms with Crippen molar-refractivity contribution in [2.75, 3.05) is 5.73 Å². The standard InChI is InChI=1S/C10H6ClF3N2/c11-7-4-16-8-3-5(10(12,13)14)1-2-6(8)9(7)15/h1-4H,(H2,15,16). The second kappa shape index (κ2) is 3.52. The van der Waals surface area contributed by atoms with E-state index in [0.29, 0.717) is 5.39 Å². The number of benzene rings is 1. The third-order valence-electron chi connectivity index (χ3n) is 2.19. The second-order valence-corrected chi connectivity index (χ2v) is 3.66. The number of alkyl halides is 3. The van der Waals surface area contributed by atoms with Gasteiger partial charge in [0.2, 0.25) is 0 Å². The van der Waals surface area contributed by atoms with Crippen molar-refractivity contribution in [1.29, 1.82) is 0 Å². The Labute approximate surface area is 93.8 Å². The van der Waals surface area contributed by atoms with Crippen molar-refractivity contribution in [1.82, 2.24) is 4.98 Å². The van der Waals surface area contributed by atoms with E-state index in [2.05, 4.69) is 4.98 Å². The predicted octanol–water partition coefficient (Wildman–Crippen LogP) is 3.49. The minimum Gasteiger partial charge on any atom is -0.397 e. The van der Waals surface area contributed by atoms with Gasteiger partial charge in [-0.25, -0.2) is 0 Å². The topological polar surface area (TPSA) is 38.9 Å². The van der Waals surface area contributed by atoms with E-state index in [1.54, 1.807) is 0 Å². The number of nitrogen functional groups attached to an aromatic ring is 1. The lowest BCUT2D eigenvalue weighted by Crippen LogP contribution is -2.04. The number of fused-ring (bicyclic) bond motifs is 1. The first kappa shape index (κ1) is 11.0. The molecule has 2 aromatic rings. The molecule has 0 aliphatic heterocycles. The fourth-order valence-electron chi connectivity index (χ4n) is 1.37. The van der Waals surface area contributed by atoms with E-state index in [1.165, 1.54) is 12.3 Å². The first-order valence-corrected chi connectivity index (χ1v) is 4.68. The van der Waals surface area contributed by atoms with Crippen LogP contribution in [-0.4, -0.2) is 4.98 Å². The van der Waals surface area contributed by atoms with E-state index in [9.17, 15) is 13.2 Å². The number of halogens is 4. The quantitative estimate of drug-likeness (QED) is 0.773. The number of pyridine rings is 1. The average molecular weight is 247 g/mol. The van der Waals surface area contributed by atoms with Gasteiger partial charge in [0, 0.05) is 11.6 Å². The van der Waals surface area contributed by atoms with Crippen molar-refractivity contribution in [2.45, 2.75) is 6.18 Å². The number of nitrogens with two attached hydrogens (primary N) is 1. The van der Waals surface area contributed by atoms with Crippen LogP contribution in [0.1, 0.15) is 5.56 Å². The molecule has 0 radical (unpaired) electrons.